The van der Waals surface area contributed by atoms with Gasteiger partial charge in [-0.15, -0.1) is 11.3 Å². The maximum atomic E-state index is 6.13. The van der Waals surface area contributed by atoms with Gasteiger partial charge in [0.2, 0.25) is 0 Å². The highest BCUT2D eigenvalue weighted by Crippen LogP contribution is 2.61. The minimum atomic E-state index is 0.555. The van der Waals surface area contributed by atoms with Crippen molar-refractivity contribution in [3.05, 3.63) is 23.3 Å². The molecule has 4 saturated carbocycles. The fraction of sp³-hybridized carbons (Fsp3) is 0.588. The molecule has 3 nitrogen and oxygen atoms in total. The van der Waals surface area contributed by atoms with E-state index in [1.165, 1.54) is 37.0 Å². The van der Waals surface area contributed by atoms with E-state index in [9.17, 15) is 0 Å². The van der Waals surface area contributed by atoms with Crippen LogP contribution in [0, 0.1) is 23.7 Å². The second-order valence-corrected chi connectivity index (χ2v) is 8.19. The molecule has 6 rings (SSSR count). The molecule has 4 aliphatic carbocycles. The van der Waals surface area contributed by atoms with E-state index in [-0.39, 0.29) is 0 Å². The molecule has 110 valence electrons. The van der Waals surface area contributed by atoms with Crippen molar-refractivity contribution in [2.45, 2.75) is 38.0 Å². The minimum absolute atomic E-state index is 0.555. The second-order valence-electron chi connectivity index (χ2n) is 7.24. The van der Waals surface area contributed by atoms with Gasteiger partial charge in [-0.2, -0.15) is 0 Å². The lowest BCUT2D eigenvalue weighted by Crippen LogP contribution is -2.43. The molecule has 4 fully saturated rings. The summed E-state index contributed by atoms with van der Waals surface area (Å²) in [4.78, 5) is 1.21. The van der Waals surface area contributed by atoms with Crippen LogP contribution >= 0.6 is 11.3 Å². The minimum Gasteiger partial charge on any atom is -0.380 e. The predicted molar refractivity (Wildman–Crippen MR) is 84.0 cm³/mol. The van der Waals surface area contributed by atoms with Gasteiger partial charge in [0.15, 0.2) is 11.6 Å². The molecule has 21 heavy (non-hydrogen) atoms. The molecule has 0 spiro atoms. The third-order valence-corrected chi connectivity index (χ3v) is 6.93. The van der Waals surface area contributed by atoms with E-state index >= 15 is 0 Å². The highest BCUT2D eigenvalue weighted by Gasteiger charge is 2.50. The molecular formula is C17H20N2OS. The maximum Gasteiger partial charge on any atom is 0.175 e. The van der Waals surface area contributed by atoms with Gasteiger partial charge in [0.05, 0.1) is 5.56 Å². The Morgan fingerprint density at radius 1 is 1.10 bits per heavy atom. The molecule has 0 amide bonds. The Labute approximate surface area is 128 Å². The largest absolute Gasteiger partial charge is 0.380 e. The van der Waals surface area contributed by atoms with Crippen LogP contribution in [0.5, 0.6) is 0 Å². The Morgan fingerprint density at radius 3 is 2.43 bits per heavy atom. The van der Waals surface area contributed by atoms with E-state index in [4.69, 9.17) is 10.3 Å². The third-order valence-electron chi connectivity index (χ3n) is 6.04. The van der Waals surface area contributed by atoms with Crippen molar-refractivity contribution in [1.82, 2.24) is 5.16 Å². The first-order valence-electron chi connectivity index (χ1n) is 8.08. The van der Waals surface area contributed by atoms with Crippen LogP contribution in [0.3, 0.4) is 0 Å². The number of rotatable bonds is 2. The van der Waals surface area contributed by atoms with Gasteiger partial charge < -0.3 is 10.3 Å². The van der Waals surface area contributed by atoms with Gasteiger partial charge in [0.25, 0.3) is 0 Å². The lowest BCUT2D eigenvalue weighted by molar-refractivity contribution is -0.0111. The molecule has 0 aliphatic heterocycles. The van der Waals surface area contributed by atoms with Crippen molar-refractivity contribution < 1.29 is 4.52 Å². The molecule has 2 aromatic rings. The summed E-state index contributed by atoms with van der Waals surface area (Å²) < 4.78 is 5.78. The number of nitrogens with two attached hydrogens (primary N) is 1. The predicted octanol–water partition coefficient (Wildman–Crippen LogP) is 4.53. The number of thiophene rings is 1. The van der Waals surface area contributed by atoms with Gasteiger partial charge in [0.1, 0.15) is 0 Å². The second kappa shape index (κ2) is 4.35. The first-order valence-corrected chi connectivity index (χ1v) is 8.96. The lowest BCUT2D eigenvalue weighted by atomic mass is 9.51. The van der Waals surface area contributed by atoms with Crippen molar-refractivity contribution >= 4 is 17.2 Å². The van der Waals surface area contributed by atoms with Gasteiger partial charge in [-0.3, -0.25) is 0 Å². The Kier molecular flexibility index (Phi) is 2.55. The van der Waals surface area contributed by atoms with Crippen LogP contribution in [-0.4, -0.2) is 5.16 Å². The van der Waals surface area contributed by atoms with Crippen LogP contribution in [0.2, 0.25) is 0 Å². The molecule has 2 heterocycles. The van der Waals surface area contributed by atoms with E-state index in [1.807, 2.05) is 0 Å². The highest BCUT2D eigenvalue weighted by atomic mass is 32.1. The molecule has 0 atom stereocenters. The monoisotopic (exact) mass is 300 g/mol. The standard InChI is InChI=1S/C17H20N2OS/c18-17-15(13-2-1-3-21-13)16(20-19-17)14-11-5-9-4-10(7-11)8-12(14)6-9/h1-3,9-12,14H,4-8H2,(H2,18,19). The number of aromatic nitrogens is 1. The van der Waals surface area contributed by atoms with Crippen molar-refractivity contribution in [3.63, 3.8) is 0 Å². The Hall–Kier alpha value is -1.29. The number of nitrogens with zero attached hydrogens (tertiary/aromatic N) is 1. The summed E-state index contributed by atoms with van der Waals surface area (Å²) in [6.45, 7) is 0. The Balaban J connectivity index is 1.59. The molecule has 4 heteroatoms. The average molecular weight is 300 g/mol. The SMILES string of the molecule is Nc1noc(C2C3CC4CC(C3)CC2C4)c1-c1cccs1. The van der Waals surface area contributed by atoms with Gasteiger partial charge in [-0.1, -0.05) is 11.2 Å². The average Bonchev–Trinajstić information content (AvgIpc) is 3.07. The summed E-state index contributed by atoms with van der Waals surface area (Å²) in [5, 5.41) is 6.21. The van der Waals surface area contributed by atoms with Crippen LogP contribution in [0.15, 0.2) is 22.0 Å². The van der Waals surface area contributed by atoms with Crippen LogP contribution in [0.1, 0.15) is 43.8 Å². The van der Waals surface area contributed by atoms with E-state index in [1.54, 1.807) is 11.3 Å². The number of anilines is 1. The van der Waals surface area contributed by atoms with E-state index in [0.717, 1.165) is 35.0 Å². The summed E-state index contributed by atoms with van der Waals surface area (Å²) in [6.07, 6.45) is 7.05. The van der Waals surface area contributed by atoms with Crippen molar-refractivity contribution in [3.8, 4) is 10.4 Å². The number of nitrogen functional groups attached to an aromatic ring is 1. The highest BCUT2D eigenvalue weighted by molar-refractivity contribution is 7.13. The van der Waals surface area contributed by atoms with E-state index < -0.39 is 0 Å². The Morgan fingerprint density at radius 2 is 1.81 bits per heavy atom. The summed E-state index contributed by atoms with van der Waals surface area (Å²) >= 11 is 1.73. The van der Waals surface area contributed by atoms with Gasteiger partial charge in [-0.05, 0) is 67.2 Å². The third kappa shape index (κ3) is 1.75. The lowest BCUT2D eigenvalue weighted by Gasteiger charge is -2.53. The molecule has 0 unspecified atom stereocenters. The van der Waals surface area contributed by atoms with Crippen LogP contribution in [-0.2, 0) is 0 Å². The van der Waals surface area contributed by atoms with Gasteiger partial charge >= 0.3 is 0 Å². The summed E-state index contributed by atoms with van der Waals surface area (Å²) in [7, 11) is 0. The molecule has 2 N–H and O–H groups in total. The summed E-state index contributed by atoms with van der Waals surface area (Å²) in [5.41, 5.74) is 7.21. The topological polar surface area (TPSA) is 52.0 Å². The maximum absolute atomic E-state index is 6.13. The zero-order valence-electron chi connectivity index (χ0n) is 12.0. The molecule has 2 aromatic heterocycles. The van der Waals surface area contributed by atoms with Gasteiger partial charge in [0, 0.05) is 10.8 Å². The molecule has 0 aromatic carbocycles. The summed E-state index contributed by atoms with van der Waals surface area (Å²) in [6, 6.07) is 4.21. The molecule has 4 aliphatic rings. The van der Waals surface area contributed by atoms with E-state index in [0.29, 0.717) is 11.7 Å². The van der Waals surface area contributed by atoms with Gasteiger partial charge in [-0.25, -0.2) is 0 Å². The zero-order valence-corrected chi connectivity index (χ0v) is 12.8. The zero-order chi connectivity index (χ0) is 14.0. The van der Waals surface area contributed by atoms with Crippen molar-refractivity contribution in [2.24, 2.45) is 23.7 Å². The molecule has 4 bridgehead atoms. The molecular weight excluding hydrogens is 280 g/mol. The number of hydrogen-bond acceptors (Lipinski definition) is 4. The van der Waals surface area contributed by atoms with Crippen LogP contribution < -0.4 is 5.73 Å². The number of hydrogen-bond donors (Lipinski definition) is 1. The summed E-state index contributed by atoms with van der Waals surface area (Å²) in [5.74, 6) is 5.77. The first kappa shape index (κ1) is 12.3. The molecule has 0 radical (unpaired) electrons. The van der Waals surface area contributed by atoms with Crippen molar-refractivity contribution in [1.29, 1.82) is 0 Å². The van der Waals surface area contributed by atoms with Crippen LogP contribution in [0.25, 0.3) is 10.4 Å². The van der Waals surface area contributed by atoms with Crippen molar-refractivity contribution in [2.75, 3.05) is 5.73 Å². The Bertz CT molecular complexity index is 632. The molecule has 0 saturated heterocycles. The van der Waals surface area contributed by atoms with E-state index in [2.05, 4.69) is 22.7 Å². The first-order chi connectivity index (χ1) is 10.3. The normalized spacial score (nSPS) is 37.2. The smallest absolute Gasteiger partial charge is 0.175 e. The van der Waals surface area contributed by atoms with Crippen LogP contribution in [0.4, 0.5) is 5.82 Å². The fourth-order valence-electron chi connectivity index (χ4n) is 5.57. The quantitative estimate of drug-likeness (QED) is 0.886. The fourth-order valence-corrected chi connectivity index (χ4v) is 6.35.